The summed E-state index contributed by atoms with van der Waals surface area (Å²) < 4.78 is 10.1. The molecule has 1 unspecified atom stereocenters. The van der Waals surface area contributed by atoms with Gasteiger partial charge in [-0.05, 0) is 23.8 Å². The van der Waals surface area contributed by atoms with E-state index in [-0.39, 0.29) is 18.4 Å². The molecule has 2 aromatic rings. The molecule has 0 saturated carbocycles. The Morgan fingerprint density at radius 1 is 1.19 bits per heavy atom. The largest absolute Gasteiger partial charge is 0.495 e. The number of carbonyl (C=O) groups excluding carboxylic acids is 2. The minimum atomic E-state index is -0.407. The van der Waals surface area contributed by atoms with Crippen LogP contribution >= 0.6 is 11.6 Å². The van der Waals surface area contributed by atoms with E-state index in [1.807, 2.05) is 24.3 Å². The van der Waals surface area contributed by atoms with E-state index in [0.717, 1.165) is 16.0 Å². The molecule has 0 spiro atoms. The first-order chi connectivity index (χ1) is 13.0. The van der Waals surface area contributed by atoms with Crippen molar-refractivity contribution in [1.29, 1.82) is 0 Å². The van der Waals surface area contributed by atoms with Gasteiger partial charge >= 0.3 is 5.97 Å². The van der Waals surface area contributed by atoms with Crippen LogP contribution in [0.2, 0.25) is 5.02 Å². The number of quaternary nitrogens is 1. The lowest BCUT2D eigenvalue weighted by Gasteiger charge is -2.31. The molecule has 1 amide bonds. The third kappa shape index (κ3) is 4.40. The van der Waals surface area contributed by atoms with E-state index in [1.54, 1.807) is 18.2 Å². The van der Waals surface area contributed by atoms with Crippen LogP contribution in [0.5, 0.6) is 5.75 Å². The minimum Gasteiger partial charge on any atom is -0.495 e. The molecule has 2 N–H and O–H groups in total. The van der Waals surface area contributed by atoms with Crippen molar-refractivity contribution in [3.63, 3.8) is 0 Å². The molecule has 2 atom stereocenters. The smallest absolute Gasteiger partial charge is 0.365 e. The van der Waals surface area contributed by atoms with Crippen molar-refractivity contribution in [2.24, 2.45) is 0 Å². The maximum absolute atomic E-state index is 12.6. The van der Waals surface area contributed by atoms with Crippen LogP contribution in [0.15, 0.2) is 42.5 Å². The number of rotatable bonds is 5. The van der Waals surface area contributed by atoms with E-state index in [4.69, 9.17) is 21.1 Å². The van der Waals surface area contributed by atoms with Crippen molar-refractivity contribution in [3.8, 4) is 5.75 Å². The average Bonchev–Trinajstić information content (AvgIpc) is 2.67. The van der Waals surface area contributed by atoms with Crippen molar-refractivity contribution in [2.75, 3.05) is 26.1 Å². The van der Waals surface area contributed by atoms with Crippen molar-refractivity contribution in [1.82, 2.24) is 0 Å². The number of ether oxygens (including phenoxy) is 2. The quantitative estimate of drug-likeness (QED) is 0.760. The number of fused-ring (bicyclic) bond motifs is 1. The minimum absolute atomic E-state index is 0.151. The van der Waals surface area contributed by atoms with Gasteiger partial charge in [-0.2, -0.15) is 0 Å². The summed E-state index contributed by atoms with van der Waals surface area (Å²) in [6, 6.07) is 12.6. The number of amides is 1. The third-order valence-corrected chi connectivity index (χ3v) is 5.06. The van der Waals surface area contributed by atoms with Gasteiger partial charge < -0.3 is 19.7 Å². The van der Waals surface area contributed by atoms with Gasteiger partial charge in [0, 0.05) is 17.7 Å². The lowest BCUT2D eigenvalue weighted by Crippen LogP contribution is -3.17. The number of nitrogens with one attached hydrogen (secondary N) is 2. The molecule has 7 heteroatoms. The Morgan fingerprint density at radius 3 is 2.59 bits per heavy atom. The molecule has 0 saturated heterocycles. The first-order valence-electron chi connectivity index (χ1n) is 8.64. The number of benzene rings is 2. The SMILES string of the molecule is COC(=O)[C@@H]1Cc2ccccc2C[NH+]1CC(=O)Nc1ccc(OC)c(Cl)c1. The Kier molecular flexibility index (Phi) is 5.98. The lowest BCUT2D eigenvalue weighted by atomic mass is 9.94. The van der Waals surface area contributed by atoms with Crippen LogP contribution in [-0.2, 0) is 27.3 Å². The molecular formula is C20H22ClN2O4+. The van der Waals surface area contributed by atoms with Crippen molar-refractivity contribution in [3.05, 3.63) is 58.6 Å². The van der Waals surface area contributed by atoms with Crippen LogP contribution in [0.3, 0.4) is 0 Å². The molecule has 0 aromatic heterocycles. The normalized spacial score (nSPS) is 18.3. The Morgan fingerprint density at radius 2 is 1.93 bits per heavy atom. The molecule has 0 bridgehead atoms. The molecule has 142 valence electrons. The highest BCUT2D eigenvalue weighted by Crippen LogP contribution is 2.27. The third-order valence-electron chi connectivity index (χ3n) is 4.76. The van der Waals surface area contributed by atoms with Crippen molar-refractivity contribution in [2.45, 2.75) is 19.0 Å². The van der Waals surface area contributed by atoms with Gasteiger partial charge in [0.15, 0.2) is 12.6 Å². The number of esters is 1. The van der Waals surface area contributed by atoms with Crippen LogP contribution in [0.25, 0.3) is 0 Å². The Hall–Kier alpha value is -2.57. The van der Waals surface area contributed by atoms with Gasteiger partial charge in [-0.3, -0.25) is 4.79 Å². The number of halogens is 1. The zero-order valence-electron chi connectivity index (χ0n) is 15.3. The van der Waals surface area contributed by atoms with Gasteiger partial charge in [0.2, 0.25) is 0 Å². The van der Waals surface area contributed by atoms with Gasteiger partial charge in [0.25, 0.3) is 5.91 Å². The zero-order chi connectivity index (χ0) is 19.4. The molecular weight excluding hydrogens is 368 g/mol. The standard InChI is InChI=1S/C20H21ClN2O4/c1-26-18-8-7-15(10-16(18)21)22-19(24)12-23-11-14-6-4-3-5-13(14)9-17(23)20(25)27-2/h3-8,10,17H,9,11-12H2,1-2H3,(H,22,24)/p+1/t17-/m0/s1. The summed E-state index contributed by atoms with van der Waals surface area (Å²) in [6.45, 7) is 0.741. The fourth-order valence-corrected chi connectivity index (χ4v) is 3.65. The fraction of sp³-hybridized carbons (Fsp3) is 0.300. The van der Waals surface area contributed by atoms with Gasteiger partial charge in [0.1, 0.15) is 12.3 Å². The van der Waals surface area contributed by atoms with E-state index in [2.05, 4.69) is 5.32 Å². The molecule has 2 aromatic carbocycles. The van der Waals surface area contributed by atoms with Gasteiger partial charge in [-0.1, -0.05) is 35.9 Å². The molecule has 0 fully saturated rings. The fourth-order valence-electron chi connectivity index (χ4n) is 3.39. The highest BCUT2D eigenvalue weighted by molar-refractivity contribution is 6.32. The molecule has 0 radical (unpaired) electrons. The van der Waals surface area contributed by atoms with Gasteiger partial charge in [0.05, 0.1) is 19.2 Å². The van der Waals surface area contributed by atoms with E-state index in [1.165, 1.54) is 14.2 Å². The summed E-state index contributed by atoms with van der Waals surface area (Å²) in [6.07, 6.45) is 0.555. The average molecular weight is 390 g/mol. The second-order valence-electron chi connectivity index (χ2n) is 6.46. The first-order valence-corrected chi connectivity index (χ1v) is 9.02. The number of anilines is 1. The van der Waals surface area contributed by atoms with E-state index >= 15 is 0 Å². The highest BCUT2D eigenvalue weighted by atomic mass is 35.5. The Labute approximate surface area is 163 Å². The molecule has 3 rings (SSSR count). The predicted octanol–water partition coefficient (Wildman–Crippen LogP) is 1.47. The first kappa shape index (κ1) is 19.2. The number of hydrogen-bond acceptors (Lipinski definition) is 4. The maximum Gasteiger partial charge on any atom is 0.365 e. The summed E-state index contributed by atoms with van der Waals surface area (Å²) in [5, 5.41) is 3.25. The molecule has 1 heterocycles. The van der Waals surface area contributed by atoms with Crippen LogP contribution in [0.4, 0.5) is 5.69 Å². The summed E-state index contributed by atoms with van der Waals surface area (Å²) >= 11 is 6.10. The van der Waals surface area contributed by atoms with Crippen LogP contribution in [0, 0.1) is 0 Å². The van der Waals surface area contributed by atoms with Crippen LogP contribution in [-0.4, -0.2) is 38.7 Å². The summed E-state index contributed by atoms with van der Waals surface area (Å²) in [7, 11) is 2.91. The monoisotopic (exact) mass is 389 g/mol. The number of carbonyl (C=O) groups is 2. The molecule has 1 aliphatic heterocycles. The van der Waals surface area contributed by atoms with Crippen LogP contribution < -0.4 is 15.0 Å². The van der Waals surface area contributed by atoms with Gasteiger partial charge in [-0.15, -0.1) is 0 Å². The van der Waals surface area contributed by atoms with Crippen molar-refractivity contribution < 1.29 is 24.0 Å². The Balaban J connectivity index is 1.73. The molecule has 27 heavy (non-hydrogen) atoms. The highest BCUT2D eigenvalue weighted by Gasteiger charge is 2.37. The second-order valence-corrected chi connectivity index (χ2v) is 6.87. The van der Waals surface area contributed by atoms with Gasteiger partial charge in [-0.25, -0.2) is 4.79 Å². The maximum atomic E-state index is 12.6. The molecule has 0 aliphatic carbocycles. The predicted molar refractivity (Wildman–Crippen MR) is 102 cm³/mol. The van der Waals surface area contributed by atoms with Crippen molar-refractivity contribution >= 4 is 29.2 Å². The summed E-state index contributed by atoms with van der Waals surface area (Å²) in [4.78, 5) is 25.7. The van der Waals surface area contributed by atoms with E-state index in [9.17, 15) is 9.59 Å². The number of hydrogen-bond donors (Lipinski definition) is 2. The Bertz CT molecular complexity index is 856. The molecule has 6 nitrogen and oxygen atoms in total. The lowest BCUT2D eigenvalue weighted by molar-refractivity contribution is -0.924. The van der Waals surface area contributed by atoms with E-state index in [0.29, 0.717) is 29.4 Å². The van der Waals surface area contributed by atoms with Crippen LogP contribution in [0.1, 0.15) is 11.1 Å². The summed E-state index contributed by atoms with van der Waals surface area (Å²) in [5.74, 6) is 0.0398. The van der Waals surface area contributed by atoms with E-state index < -0.39 is 6.04 Å². The second kappa shape index (κ2) is 8.41. The summed E-state index contributed by atoms with van der Waals surface area (Å²) in [5.41, 5.74) is 2.85. The molecule has 1 aliphatic rings. The number of methoxy groups -OCH3 is 2. The topological polar surface area (TPSA) is 69.1 Å². The zero-order valence-corrected chi connectivity index (χ0v) is 16.0.